The summed E-state index contributed by atoms with van der Waals surface area (Å²) in [5.41, 5.74) is -1.80. The number of amides is 1. The van der Waals surface area contributed by atoms with Crippen LogP contribution in [0, 0.1) is 11.3 Å². The van der Waals surface area contributed by atoms with Crippen LogP contribution in [0.1, 0.15) is 58.4 Å². The highest BCUT2D eigenvalue weighted by atomic mass is 32.1. The molecule has 0 aliphatic carbocycles. The van der Waals surface area contributed by atoms with Gasteiger partial charge in [0.1, 0.15) is 23.5 Å². The summed E-state index contributed by atoms with van der Waals surface area (Å²) in [6.45, 7) is 14.4. The van der Waals surface area contributed by atoms with E-state index < -0.39 is 28.9 Å². The van der Waals surface area contributed by atoms with Crippen molar-refractivity contribution in [1.29, 1.82) is 5.26 Å². The molecule has 1 N–H and O–H groups in total. The zero-order chi connectivity index (χ0) is 30.3. The monoisotopic (exact) mass is 588 g/mol. The predicted octanol–water partition coefficient (Wildman–Crippen LogP) is 4.90. The number of piperazine rings is 1. The van der Waals surface area contributed by atoms with Gasteiger partial charge in [-0.25, -0.2) is 4.98 Å². The third-order valence-corrected chi connectivity index (χ3v) is 7.74. The van der Waals surface area contributed by atoms with Crippen molar-refractivity contribution in [3.63, 3.8) is 0 Å². The molecule has 8 nitrogen and oxygen atoms in total. The van der Waals surface area contributed by atoms with Crippen LogP contribution in [0.5, 0.6) is 5.75 Å². The topological polar surface area (TPSA) is 84.7 Å². The third-order valence-electron chi connectivity index (χ3n) is 7.37. The molecule has 2 saturated heterocycles. The minimum atomic E-state index is -4.82. The second-order valence-corrected chi connectivity index (χ2v) is 11.6. The maximum atomic E-state index is 13.6. The maximum absolute atomic E-state index is 13.6. The van der Waals surface area contributed by atoms with E-state index in [9.17, 15) is 18.0 Å². The number of rotatable bonds is 7. The number of carbonyl (C=O) groups excluding carboxylic acids is 1. The number of anilines is 2. The first-order valence-electron chi connectivity index (χ1n) is 13.6. The maximum Gasteiger partial charge on any atom is 0.419 e. The molecule has 41 heavy (non-hydrogen) atoms. The number of hydrogen-bond acceptors (Lipinski definition) is 7. The molecular weight excluding hydrogens is 553 g/mol. The Morgan fingerprint density at radius 3 is 2.46 bits per heavy atom. The largest absolute Gasteiger partial charge is 0.489 e. The number of aromatic nitrogens is 1. The number of carbonyl (C=O) groups is 1. The van der Waals surface area contributed by atoms with Crippen LogP contribution in [0.4, 0.5) is 24.5 Å². The Balaban J connectivity index is 1.60. The Morgan fingerprint density at radius 1 is 1.22 bits per heavy atom. The number of hydrogen-bond donors (Lipinski definition) is 1. The Hall–Kier alpha value is -3.27. The number of ether oxygens (including phenoxy) is 1. The highest BCUT2D eigenvalue weighted by Gasteiger charge is 2.51. The molecule has 2 fully saturated rings. The summed E-state index contributed by atoms with van der Waals surface area (Å²) in [4.78, 5) is 22.3. The van der Waals surface area contributed by atoms with Crippen molar-refractivity contribution in [3.8, 4) is 11.8 Å². The van der Waals surface area contributed by atoms with Gasteiger partial charge in [0, 0.05) is 37.4 Å². The van der Waals surface area contributed by atoms with E-state index in [2.05, 4.69) is 29.0 Å². The fraction of sp³-hybridized carbons (Fsp3) is 0.517. The van der Waals surface area contributed by atoms with Crippen molar-refractivity contribution in [2.75, 3.05) is 29.4 Å². The number of nitrogens with one attached hydrogen (secondary N) is 1. The molecule has 0 radical (unpaired) electrons. The second kappa shape index (κ2) is 11.5. The van der Waals surface area contributed by atoms with Gasteiger partial charge in [-0.1, -0.05) is 6.92 Å². The molecule has 1 aromatic carbocycles. The summed E-state index contributed by atoms with van der Waals surface area (Å²) in [5.74, 6) is 0.228. The fourth-order valence-corrected chi connectivity index (χ4v) is 6.16. The molecule has 1 amide bonds. The van der Waals surface area contributed by atoms with E-state index in [1.807, 2.05) is 26.0 Å². The van der Waals surface area contributed by atoms with Crippen LogP contribution in [0.3, 0.4) is 0 Å². The van der Waals surface area contributed by atoms with Gasteiger partial charge in [0.05, 0.1) is 17.4 Å². The minimum absolute atomic E-state index is 0.0191. The molecule has 2 aliphatic heterocycles. The average molecular weight is 589 g/mol. The first kappa shape index (κ1) is 30.7. The van der Waals surface area contributed by atoms with Crippen LogP contribution in [0.2, 0.25) is 0 Å². The highest BCUT2D eigenvalue weighted by molar-refractivity contribution is 7.81. The Bertz CT molecular complexity index is 1370. The van der Waals surface area contributed by atoms with Gasteiger partial charge >= 0.3 is 6.18 Å². The van der Waals surface area contributed by atoms with Crippen LogP contribution >= 0.6 is 12.2 Å². The number of aryl methyl sites for hydroxylation is 1. The number of benzene rings is 1. The number of halogens is 3. The predicted molar refractivity (Wildman–Crippen MR) is 155 cm³/mol. The van der Waals surface area contributed by atoms with E-state index in [-0.39, 0.29) is 16.9 Å². The van der Waals surface area contributed by atoms with Crippen LogP contribution in [-0.2, 0) is 17.4 Å². The van der Waals surface area contributed by atoms with Gasteiger partial charge in [0.2, 0.25) is 0 Å². The molecule has 0 bridgehead atoms. The van der Waals surface area contributed by atoms with E-state index in [4.69, 9.17) is 22.2 Å². The molecule has 2 aliphatic rings. The Morgan fingerprint density at radius 2 is 1.88 bits per heavy atom. The van der Waals surface area contributed by atoms with Gasteiger partial charge < -0.3 is 15.0 Å². The number of nitrogens with zero attached hydrogens (tertiary/aromatic N) is 5. The quantitative estimate of drug-likeness (QED) is 0.458. The normalized spacial score (nSPS) is 22.1. The van der Waals surface area contributed by atoms with Gasteiger partial charge in [0.25, 0.3) is 5.91 Å². The van der Waals surface area contributed by atoms with Crippen LogP contribution in [-0.4, -0.2) is 64.3 Å². The Kier molecular flexibility index (Phi) is 8.64. The molecule has 0 unspecified atom stereocenters. The van der Waals surface area contributed by atoms with Crippen LogP contribution in [0.15, 0.2) is 30.5 Å². The number of nitriles is 1. The van der Waals surface area contributed by atoms with Gasteiger partial charge in [0.15, 0.2) is 10.8 Å². The molecule has 3 atom stereocenters. The van der Waals surface area contributed by atoms with E-state index in [1.165, 1.54) is 6.07 Å². The highest BCUT2D eigenvalue weighted by Crippen LogP contribution is 2.40. The smallest absolute Gasteiger partial charge is 0.419 e. The van der Waals surface area contributed by atoms with Crippen LogP contribution in [0.25, 0.3) is 0 Å². The molecular formula is C29H35F3N6O2S. The standard InChI is InChI=1S/C29H35F3N6O2S/c1-7-20-10-21(8-9-25(20)40-19(4)16-36-14-17(2)35-18(3)15-36)38-27(41)37(26(39)28(38,5)6)22-11-23(29(30,31)32)24(12-33)34-13-22/h8-11,13,17-19,35H,7,14-16H2,1-6H3/t17-,18+,19-/m1/s1. The molecule has 0 spiro atoms. The number of thiocarbonyl (C=S) groups is 1. The summed E-state index contributed by atoms with van der Waals surface area (Å²) in [7, 11) is 0. The van der Waals surface area contributed by atoms with E-state index >= 15 is 0 Å². The molecule has 0 saturated carbocycles. The van der Waals surface area contributed by atoms with Crippen LogP contribution < -0.4 is 19.9 Å². The van der Waals surface area contributed by atoms with Gasteiger partial charge in [-0.3, -0.25) is 14.6 Å². The number of pyridine rings is 1. The van der Waals surface area contributed by atoms with E-state index in [0.717, 1.165) is 48.1 Å². The lowest BCUT2D eigenvalue weighted by Crippen LogP contribution is -2.55. The summed E-state index contributed by atoms with van der Waals surface area (Å²) in [6, 6.07) is 8.57. The Labute approximate surface area is 244 Å². The van der Waals surface area contributed by atoms with Crippen molar-refractivity contribution in [2.24, 2.45) is 0 Å². The number of alkyl halides is 3. The lowest BCUT2D eigenvalue weighted by Gasteiger charge is -2.37. The molecule has 2 aromatic rings. The molecule has 1 aromatic heterocycles. The summed E-state index contributed by atoms with van der Waals surface area (Å²) >= 11 is 5.66. The SMILES string of the molecule is CCc1cc(N2C(=S)N(c3cnc(C#N)c(C(F)(F)F)c3)C(=O)C2(C)C)ccc1O[C@H](C)CN1C[C@@H](C)N[C@@H](C)C1. The zero-order valence-electron chi connectivity index (χ0n) is 24.0. The van der Waals surface area contributed by atoms with Crippen molar-refractivity contribution in [2.45, 2.75) is 77.9 Å². The van der Waals surface area contributed by atoms with Crippen molar-refractivity contribution in [1.82, 2.24) is 15.2 Å². The lowest BCUT2D eigenvalue weighted by molar-refractivity contribution is -0.138. The molecule has 12 heteroatoms. The fourth-order valence-electron chi connectivity index (χ4n) is 5.64. The summed E-state index contributed by atoms with van der Waals surface area (Å²) in [6.07, 6.45) is -3.16. The summed E-state index contributed by atoms with van der Waals surface area (Å²) < 4.78 is 47.2. The van der Waals surface area contributed by atoms with Gasteiger partial charge in [-0.05, 0) is 83.1 Å². The van der Waals surface area contributed by atoms with E-state index in [0.29, 0.717) is 24.2 Å². The minimum Gasteiger partial charge on any atom is -0.489 e. The summed E-state index contributed by atoms with van der Waals surface area (Å²) in [5, 5.41) is 12.7. The van der Waals surface area contributed by atoms with Gasteiger partial charge in [-0.2, -0.15) is 18.4 Å². The first-order valence-corrected chi connectivity index (χ1v) is 14.0. The van der Waals surface area contributed by atoms with Gasteiger partial charge in [-0.15, -0.1) is 0 Å². The third kappa shape index (κ3) is 6.17. The van der Waals surface area contributed by atoms with Crippen molar-refractivity contribution in [3.05, 3.63) is 47.3 Å². The van der Waals surface area contributed by atoms with Crippen molar-refractivity contribution < 1.29 is 22.7 Å². The van der Waals surface area contributed by atoms with Crippen molar-refractivity contribution >= 4 is 34.6 Å². The lowest BCUT2D eigenvalue weighted by atomic mass is 10.0. The first-order chi connectivity index (χ1) is 19.2. The molecule has 4 rings (SSSR count). The second-order valence-electron chi connectivity index (χ2n) is 11.3. The van der Waals surface area contributed by atoms with E-state index in [1.54, 1.807) is 24.8 Å². The zero-order valence-corrected chi connectivity index (χ0v) is 24.9. The molecule has 3 heterocycles. The average Bonchev–Trinajstić information content (AvgIpc) is 3.05. The molecule has 220 valence electrons.